The number of carbonyl (C=O) groups is 1. The van der Waals surface area contributed by atoms with E-state index in [0.29, 0.717) is 34.6 Å². The minimum atomic E-state index is -0.370. The number of carbonyl (C=O) groups excluding carboxylic acids is 1. The Labute approximate surface area is 164 Å². The van der Waals surface area contributed by atoms with E-state index in [1.165, 1.54) is 7.11 Å². The molecule has 0 amide bonds. The largest absolute Gasteiger partial charge is 0.465 e. The average molecular weight is 434 g/mol. The van der Waals surface area contributed by atoms with Crippen LogP contribution in [0, 0.1) is 0 Å². The van der Waals surface area contributed by atoms with Gasteiger partial charge in [0.05, 0.1) is 25.8 Å². The molecule has 0 saturated carbocycles. The quantitative estimate of drug-likeness (QED) is 0.346. The van der Waals surface area contributed by atoms with Crippen molar-refractivity contribution in [3.63, 3.8) is 0 Å². The Bertz CT molecular complexity index is 956. The topological polar surface area (TPSA) is 105 Å². The van der Waals surface area contributed by atoms with Crippen LogP contribution in [0.4, 0.5) is 5.82 Å². The van der Waals surface area contributed by atoms with Gasteiger partial charge in [0.15, 0.2) is 21.7 Å². The van der Waals surface area contributed by atoms with Gasteiger partial charge in [-0.15, -0.1) is 0 Å². The van der Waals surface area contributed by atoms with Gasteiger partial charge in [-0.05, 0) is 40.0 Å². The van der Waals surface area contributed by atoms with Crippen molar-refractivity contribution in [3.8, 4) is 6.01 Å². The normalized spacial score (nSPS) is 10.9. The van der Waals surface area contributed by atoms with Gasteiger partial charge in [-0.25, -0.2) is 9.78 Å². The lowest BCUT2D eigenvalue weighted by Gasteiger charge is -2.08. The summed E-state index contributed by atoms with van der Waals surface area (Å²) in [7, 11) is 1.36. The van der Waals surface area contributed by atoms with Crippen molar-refractivity contribution in [1.29, 1.82) is 0 Å². The van der Waals surface area contributed by atoms with Crippen LogP contribution in [0.1, 0.15) is 35.7 Å². The molecular weight excluding hydrogens is 414 g/mol. The van der Waals surface area contributed by atoms with E-state index in [2.05, 4.69) is 37.8 Å². The molecule has 0 aliphatic carbocycles. The van der Waals surface area contributed by atoms with Crippen LogP contribution >= 0.6 is 15.9 Å². The fraction of sp³-hybridized carbons (Fsp3) is 0.333. The Morgan fingerprint density at radius 3 is 2.63 bits per heavy atom. The average Bonchev–Trinajstić information content (AvgIpc) is 2.98. The van der Waals surface area contributed by atoms with E-state index in [0.717, 1.165) is 18.4 Å². The second-order valence-corrected chi connectivity index (χ2v) is 6.63. The first-order valence-corrected chi connectivity index (χ1v) is 9.32. The van der Waals surface area contributed by atoms with Crippen molar-refractivity contribution < 1.29 is 14.3 Å². The molecule has 9 heteroatoms. The van der Waals surface area contributed by atoms with Crippen LogP contribution in [0.25, 0.3) is 11.2 Å². The number of nitrogens with zero attached hydrogens (tertiary/aromatic N) is 4. The molecule has 0 saturated heterocycles. The van der Waals surface area contributed by atoms with E-state index < -0.39 is 0 Å². The van der Waals surface area contributed by atoms with E-state index in [1.54, 1.807) is 12.1 Å². The number of hydrogen-bond acceptors (Lipinski definition) is 7. The van der Waals surface area contributed by atoms with Crippen LogP contribution in [0.15, 0.2) is 29.0 Å². The molecule has 0 unspecified atom stereocenters. The van der Waals surface area contributed by atoms with Crippen molar-refractivity contribution in [2.24, 2.45) is 0 Å². The summed E-state index contributed by atoms with van der Waals surface area (Å²) in [6.45, 7) is 3.11. The molecule has 0 radical (unpaired) electrons. The maximum atomic E-state index is 11.6. The predicted molar refractivity (Wildman–Crippen MR) is 105 cm³/mol. The van der Waals surface area contributed by atoms with Crippen LogP contribution in [0.5, 0.6) is 6.01 Å². The van der Waals surface area contributed by atoms with Crippen molar-refractivity contribution >= 4 is 38.9 Å². The maximum absolute atomic E-state index is 11.6. The first-order chi connectivity index (χ1) is 13.0. The third-order valence-corrected chi connectivity index (χ3v) is 4.60. The van der Waals surface area contributed by atoms with Gasteiger partial charge in [0, 0.05) is 0 Å². The van der Waals surface area contributed by atoms with Crippen LogP contribution in [-0.4, -0.2) is 39.2 Å². The number of nitrogen functional groups attached to an aromatic ring is 1. The van der Waals surface area contributed by atoms with Crippen LogP contribution in [-0.2, 0) is 11.3 Å². The SMILES string of the molecule is CCCCOc1nc(N)c2nc(Br)n(Cc3ccc(C(=O)OC)cc3)c2n1. The van der Waals surface area contributed by atoms with E-state index in [1.807, 2.05) is 16.7 Å². The second-order valence-electron chi connectivity index (χ2n) is 5.92. The highest BCUT2D eigenvalue weighted by Gasteiger charge is 2.16. The molecule has 142 valence electrons. The molecule has 2 aromatic heterocycles. The number of benzene rings is 1. The summed E-state index contributed by atoms with van der Waals surface area (Å²) in [5.74, 6) is -0.0998. The highest BCUT2D eigenvalue weighted by molar-refractivity contribution is 9.10. The van der Waals surface area contributed by atoms with Gasteiger partial charge in [0.25, 0.3) is 0 Å². The fourth-order valence-electron chi connectivity index (χ4n) is 2.53. The second kappa shape index (κ2) is 8.34. The number of anilines is 1. The van der Waals surface area contributed by atoms with Gasteiger partial charge in [0.1, 0.15) is 0 Å². The van der Waals surface area contributed by atoms with Gasteiger partial charge in [-0.2, -0.15) is 9.97 Å². The first-order valence-electron chi connectivity index (χ1n) is 8.52. The van der Waals surface area contributed by atoms with E-state index >= 15 is 0 Å². The van der Waals surface area contributed by atoms with Crippen molar-refractivity contribution in [1.82, 2.24) is 19.5 Å². The van der Waals surface area contributed by atoms with Crippen molar-refractivity contribution in [2.45, 2.75) is 26.3 Å². The Hall–Kier alpha value is -2.68. The van der Waals surface area contributed by atoms with Gasteiger partial charge in [-0.1, -0.05) is 25.5 Å². The Balaban J connectivity index is 1.91. The maximum Gasteiger partial charge on any atom is 0.337 e. The fourth-order valence-corrected chi connectivity index (χ4v) is 3.00. The lowest BCUT2D eigenvalue weighted by atomic mass is 10.1. The molecule has 8 nitrogen and oxygen atoms in total. The van der Waals surface area contributed by atoms with Gasteiger partial charge < -0.3 is 15.2 Å². The molecule has 0 aliphatic rings. The summed E-state index contributed by atoms with van der Waals surface area (Å²) in [5, 5.41) is 0. The van der Waals surface area contributed by atoms with Gasteiger partial charge >= 0.3 is 12.0 Å². The number of hydrogen-bond donors (Lipinski definition) is 1. The minimum absolute atomic E-state index is 0.239. The minimum Gasteiger partial charge on any atom is -0.465 e. The number of aromatic nitrogens is 4. The zero-order valence-corrected chi connectivity index (χ0v) is 16.7. The highest BCUT2D eigenvalue weighted by Crippen LogP contribution is 2.25. The first kappa shape index (κ1) is 19.1. The van der Waals surface area contributed by atoms with Crippen LogP contribution < -0.4 is 10.5 Å². The molecule has 27 heavy (non-hydrogen) atoms. The molecule has 0 aliphatic heterocycles. The summed E-state index contributed by atoms with van der Waals surface area (Å²) in [6, 6.07) is 7.39. The third kappa shape index (κ3) is 4.19. The Kier molecular flexibility index (Phi) is 5.90. The van der Waals surface area contributed by atoms with Crippen LogP contribution in [0.3, 0.4) is 0 Å². The summed E-state index contributed by atoms with van der Waals surface area (Å²) < 4.78 is 12.8. The lowest BCUT2D eigenvalue weighted by Crippen LogP contribution is -2.06. The number of imidazole rings is 1. The molecular formula is C18H20BrN5O3. The van der Waals surface area contributed by atoms with Crippen LogP contribution in [0.2, 0.25) is 0 Å². The van der Waals surface area contributed by atoms with Gasteiger partial charge in [0.2, 0.25) is 0 Å². The van der Waals surface area contributed by atoms with Gasteiger partial charge in [-0.3, -0.25) is 4.57 Å². The number of ether oxygens (including phenoxy) is 2. The highest BCUT2D eigenvalue weighted by atomic mass is 79.9. The summed E-state index contributed by atoms with van der Waals surface area (Å²) in [5.41, 5.74) is 8.58. The number of nitrogens with two attached hydrogens (primary N) is 1. The standard InChI is InChI=1S/C18H20BrN5O3/c1-3-4-9-27-18-22-14(20)13-15(23-18)24(17(19)21-13)10-11-5-7-12(8-6-11)16(25)26-2/h5-8H,3-4,9-10H2,1-2H3,(H2,20,22,23). The summed E-state index contributed by atoms with van der Waals surface area (Å²) in [6.07, 6.45) is 1.93. The zero-order chi connectivity index (χ0) is 19.4. The zero-order valence-electron chi connectivity index (χ0n) is 15.1. The molecule has 3 rings (SSSR count). The number of halogens is 1. The summed E-state index contributed by atoms with van der Waals surface area (Å²) in [4.78, 5) is 24.6. The molecule has 0 spiro atoms. The monoisotopic (exact) mass is 433 g/mol. The van der Waals surface area contributed by atoms with E-state index in [4.69, 9.17) is 15.2 Å². The number of esters is 1. The third-order valence-electron chi connectivity index (χ3n) is 4.00. The Morgan fingerprint density at radius 2 is 1.96 bits per heavy atom. The smallest absolute Gasteiger partial charge is 0.337 e. The molecule has 3 aromatic rings. The number of fused-ring (bicyclic) bond motifs is 1. The molecule has 0 fully saturated rings. The molecule has 1 aromatic carbocycles. The Morgan fingerprint density at radius 1 is 1.22 bits per heavy atom. The number of unbranched alkanes of at least 4 members (excludes halogenated alkanes) is 1. The van der Waals surface area contributed by atoms with Crippen molar-refractivity contribution in [2.75, 3.05) is 19.5 Å². The summed E-state index contributed by atoms with van der Waals surface area (Å²) >= 11 is 3.45. The molecule has 2 heterocycles. The number of rotatable bonds is 7. The lowest BCUT2D eigenvalue weighted by molar-refractivity contribution is 0.0600. The number of methoxy groups -OCH3 is 1. The molecule has 0 atom stereocenters. The van der Waals surface area contributed by atoms with E-state index in [9.17, 15) is 4.79 Å². The molecule has 2 N–H and O–H groups in total. The molecule has 0 bridgehead atoms. The van der Waals surface area contributed by atoms with E-state index in [-0.39, 0.29) is 17.8 Å². The van der Waals surface area contributed by atoms with Crippen molar-refractivity contribution in [3.05, 3.63) is 40.1 Å². The predicted octanol–water partition coefficient (Wildman–Crippen LogP) is 3.18.